The van der Waals surface area contributed by atoms with Crippen molar-refractivity contribution in [2.75, 3.05) is 23.7 Å². The second-order valence-electron chi connectivity index (χ2n) is 3.09. The van der Waals surface area contributed by atoms with Crippen LogP contribution in [0.1, 0.15) is 5.69 Å². The number of carbonyl (C=O) groups is 2. The van der Waals surface area contributed by atoms with Crippen LogP contribution in [0.4, 0.5) is 5.13 Å². The van der Waals surface area contributed by atoms with Gasteiger partial charge in [0.15, 0.2) is 5.13 Å². The van der Waals surface area contributed by atoms with Gasteiger partial charge in [-0.15, -0.1) is 23.2 Å². The summed E-state index contributed by atoms with van der Waals surface area (Å²) in [6.07, 6.45) is 0. The van der Waals surface area contributed by atoms with Gasteiger partial charge in [0.1, 0.15) is 22.5 Å². The minimum absolute atomic E-state index is 0.0376. The van der Waals surface area contributed by atoms with Gasteiger partial charge in [-0.25, -0.2) is 9.78 Å². The quantitative estimate of drug-likeness (QED) is 0.335. The molecule has 0 fully saturated rings. The molecule has 0 saturated heterocycles. The van der Waals surface area contributed by atoms with Crippen molar-refractivity contribution >= 4 is 68.9 Å². The predicted octanol–water partition coefficient (Wildman–Crippen LogP) is 2.02. The molecule has 0 aromatic carbocycles. The first kappa shape index (κ1) is 17.0. The van der Waals surface area contributed by atoms with Gasteiger partial charge < -0.3 is 15.3 Å². The molecule has 1 rings (SSSR count). The summed E-state index contributed by atoms with van der Waals surface area (Å²) in [7, 11) is 0. The summed E-state index contributed by atoms with van der Waals surface area (Å²) in [6.45, 7) is 0.0376. The first-order valence-electron chi connectivity index (χ1n) is 5.01. The van der Waals surface area contributed by atoms with E-state index in [-0.39, 0.29) is 33.5 Å². The third-order valence-electron chi connectivity index (χ3n) is 1.70. The molecule has 1 aromatic heterocycles. The van der Waals surface area contributed by atoms with Gasteiger partial charge in [-0.3, -0.25) is 4.79 Å². The number of hydrogen-bond donors (Lipinski definition) is 2. The molecule has 0 unspecified atom stereocenters. The minimum atomic E-state index is -1.37. The average Bonchev–Trinajstić information content (AvgIpc) is 2.74. The van der Waals surface area contributed by atoms with Gasteiger partial charge in [-0.2, -0.15) is 0 Å². The summed E-state index contributed by atoms with van der Waals surface area (Å²) in [4.78, 5) is 30.8. The molecule has 1 heterocycles. The molecular weight excluding hydrogens is 353 g/mol. The van der Waals surface area contributed by atoms with Crippen LogP contribution in [0, 0.1) is 0 Å². The van der Waals surface area contributed by atoms with Crippen molar-refractivity contribution in [3.05, 3.63) is 10.0 Å². The Bertz CT molecular complexity index is 535. The lowest BCUT2D eigenvalue weighted by molar-refractivity contribution is -0.129. The molecular formula is C9H8Cl3N3O4S. The third-order valence-corrected chi connectivity index (χ3v) is 3.27. The van der Waals surface area contributed by atoms with Gasteiger partial charge in [0.25, 0.3) is 0 Å². The summed E-state index contributed by atoms with van der Waals surface area (Å²) >= 11 is 17.5. The fourth-order valence-corrected chi connectivity index (χ4v) is 2.18. The Morgan fingerprint density at radius 3 is 2.70 bits per heavy atom. The number of aliphatic carboxylic acids is 1. The van der Waals surface area contributed by atoms with E-state index in [1.165, 1.54) is 0 Å². The monoisotopic (exact) mass is 359 g/mol. The van der Waals surface area contributed by atoms with Crippen molar-refractivity contribution in [2.45, 2.75) is 0 Å². The van der Waals surface area contributed by atoms with Crippen LogP contribution in [0.3, 0.4) is 0 Å². The Kier molecular flexibility index (Phi) is 7.00. The van der Waals surface area contributed by atoms with Gasteiger partial charge in [-0.05, 0) is 0 Å². The number of carboxylic acid groups (broad SMARTS) is 1. The lowest BCUT2D eigenvalue weighted by atomic mass is 10.3. The Labute approximate surface area is 132 Å². The van der Waals surface area contributed by atoms with Crippen molar-refractivity contribution in [1.29, 1.82) is 0 Å². The summed E-state index contributed by atoms with van der Waals surface area (Å²) in [5.41, 5.74) is -0.591. The second kappa shape index (κ2) is 8.25. The number of alkyl halides is 2. The predicted molar refractivity (Wildman–Crippen MR) is 77.3 cm³/mol. The zero-order valence-corrected chi connectivity index (χ0v) is 12.8. The number of anilines is 1. The number of carbonyl (C=O) groups excluding carboxylic acids is 1. The number of halogens is 3. The highest BCUT2D eigenvalue weighted by atomic mass is 35.5. The third kappa shape index (κ3) is 4.78. The van der Waals surface area contributed by atoms with Crippen LogP contribution in [0.25, 0.3) is 0 Å². The highest BCUT2D eigenvalue weighted by Crippen LogP contribution is 2.28. The van der Waals surface area contributed by atoms with Crippen molar-refractivity contribution in [2.24, 2.45) is 5.16 Å². The molecule has 20 heavy (non-hydrogen) atoms. The maximum Gasteiger partial charge on any atom is 0.360 e. The number of rotatable bonds is 7. The molecule has 7 nitrogen and oxygen atoms in total. The molecule has 0 radical (unpaired) electrons. The zero-order valence-electron chi connectivity index (χ0n) is 9.73. The van der Waals surface area contributed by atoms with Crippen molar-refractivity contribution < 1.29 is 19.5 Å². The SMILES string of the molecule is O=C(CCl)Nc1nc(/C(=N\OCCCl)C(=O)O)c(Cl)s1. The van der Waals surface area contributed by atoms with Crippen molar-refractivity contribution in [3.8, 4) is 0 Å². The molecule has 0 aliphatic rings. The number of aromatic nitrogens is 1. The van der Waals surface area contributed by atoms with E-state index in [4.69, 9.17) is 44.7 Å². The maximum absolute atomic E-state index is 11.1. The second-order valence-corrected chi connectivity index (χ2v) is 5.34. The average molecular weight is 361 g/mol. The largest absolute Gasteiger partial charge is 0.476 e. The Morgan fingerprint density at radius 1 is 1.45 bits per heavy atom. The van der Waals surface area contributed by atoms with E-state index in [0.717, 1.165) is 11.3 Å². The lowest BCUT2D eigenvalue weighted by Crippen LogP contribution is -2.17. The molecule has 0 atom stereocenters. The number of oxime groups is 1. The molecule has 0 aliphatic carbocycles. The molecule has 11 heteroatoms. The standard InChI is InChI=1S/C9H8Cl3N3O4S/c10-1-2-19-15-6(8(17)18)5-7(12)20-9(14-5)13-4(16)3-11/h1-3H2,(H,17,18)(H,13,14,16)/b15-6+. The van der Waals surface area contributed by atoms with E-state index in [9.17, 15) is 9.59 Å². The summed E-state index contributed by atoms with van der Waals surface area (Å²) in [5.74, 6) is -1.97. The summed E-state index contributed by atoms with van der Waals surface area (Å²) < 4.78 is 0.0468. The van der Waals surface area contributed by atoms with Gasteiger partial charge in [0.2, 0.25) is 11.6 Å². The van der Waals surface area contributed by atoms with Gasteiger partial charge in [0, 0.05) is 0 Å². The number of carboxylic acids is 1. The number of nitrogens with one attached hydrogen (secondary N) is 1. The molecule has 0 saturated carbocycles. The molecule has 1 aromatic rings. The number of amides is 1. The number of hydrogen-bond acceptors (Lipinski definition) is 6. The number of nitrogens with zero attached hydrogens (tertiary/aromatic N) is 2. The van der Waals surface area contributed by atoms with E-state index >= 15 is 0 Å². The Hall–Kier alpha value is -1.09. The van der Waals surface area contributed by atoms with Crippen molar-refractivity contribution in [1.82, 2.24) is 4.98 Å². The highest BCUT2D eigenvalue weighted by Gasteiger charge is 2.22. The fraction of sp³-hybridized carbons (Fsp3) is 0.333. The van der Waals surface area contributed by atoms with Crippen LogP contribution in [-0.4, -0.2) is 46.0 Å². The van der Waals surface area contributed by atoms with Gasteiger partial charge >= 0.3 is 5.97 Å². The zero-order chi connectivity index (χ0) is 15.1. The van der Waals surface area contributed by atoms with Gasteiger partial charge in [0.05, 0.1) is 5.88 Å². The molecule has 0 aliphatic heterocycles. The fourth-order valence-electron chi connectivity index (χ4n) is 0.982. The minimum Gasteiger partial charge on any atom is -0.476 e. The maximum atomic E-state index is 11.1. The first-order valence-corrected chi connectivity index (χ1v) is 7.27. The molecule has 1 amide bonds. The molecule has 0 spiro atoms. The first-order chi connectivity index (χ1) is 9.49. The van der Waals surface area contributed by atoms with Crippen molar-refractivity contribution in [3.63, 3.8) is 0 Å². The smallest absolute Gasteiger partial charge is 0.360 e. The van der Waals surface area contributed by atoms with Crippen LogP contribution in [-0.2, 0) is 14.4 Å². The summed E-state index contributed by atoms with van der Waals surface area (Å²) in [6, 6.07) is 0. The Balaban J connectivity index is 3.00. The van der Waals surface area contributed by atoms with E-state index in [0.29, 0.717) is 0 Å². The van der Waals surface area contributed by atoms with Crippen LogP contribution in [0.2, 0.25) is 4.34 Å². The van der Waals surface area contributed by atoms with E-state index < -0.39 is 17.6 Å². The van der Waals surface area contributed by atoms with E-state index in [1.54, 1.807) is 0 Å². The molecule has 110 valence electrons. The summed E-state index contributed by atoms with van der Waals surface area (Å²) in [5, 5.41) is 14.9. The normalized spacial score (nSPS) is 11.2. The highest BCUT2D eigenvalue weighted by molar-refractivity contribution is 7.20. The molecule has 0 bridgehead atoms. The van der Waals surface area contributed by atoms with E-state index in [2.05, 4.69) is 15.5 Å². The van der Waals surface area contributed by atoms with Crippen LogP contribution in [0.15, 0.2) is 5.16 Å². The van der Waals surface area contributed by atoms with E-state index in [1.807, 2.05) is 0 Å². The topological polar surface area (TPSA) is 101 Å². The lowest BCUT2D eigenvalue weighted by Gasteiger charge is -1.99. The van der Waals surface area contributed by atoms with Crippen LogP contribution >= 0.6 is 46.1 Å². The molecule has 2 N–H and O–H groups in total. The Morgan fingerprint density at radius 2 is 2.15 bits per heavy atom. The van der Waals surface area contributed by atoms with Gasteiger partial charge in [-0.1, -0.05) is 28.1 Å². The number of thiazole rings is 1. The van der Waals surface area contributed by atoms with Crippen LogP contribution in [0.5, 0.6) is 0 Å². The van der Waals surface area contributed by atoms with Crippen LogP contribution < -0.4 is 5.32 Å².